The van der Waals surface area contributed by atoms with E-state index in [1.807, 2.05) is 19.9 Å². The van der Waals surface area contributed by atoms with E-state index in [9.17, 15) is 0 Å². The molecular formula is C28H32N4O2. The molecule has 1 aliphatic rings. The number of hydrogen-bond acceptors (Lipinski definition) is 5. The highest BCUT2D eigenvalue weighted by Crippen LogP contribution is 2.30. The molecule has 1 aromatic heterocycles. The van der Waals surface area contributed by atoms with Crippen LogP contribution in [0.2, 0.25) is 0 Å². The molecule has 0 radical (unpaired) electrons. The number of para-hydroxylation sites is 2. The first-order valence-electron chi connectivity index (χ1n) is 12.1. The first kappa shape index (κ1) is 22.3. The molecule has 0 aliphatic carbocycles. The maximum Gasteiger partial charge on any atom is 0.209 e. The van der Waals surface area contributed by atoms with Crippen molar-refractivity contribution in [2.75, 3.05) is 31.3 Å². The Morgan fingerprint density at radius 1 is 0.794 bits per heavy atom. The smallest absolute Gasteiger partial charge is 0.209 e. The number of rotatable bonds is 9. The van der Waals surface area contributed by atoms with E-state index < -0.39 is 0 Å². The lowest BCUT2D eigenvalue weighted by molar-refractivity contribution is 0.200. The van der Waals surface area contributed by atoms with Gasteiger partial charge in [-0.15, -0.1) is 0 Å². The monoisotopic (exact) mass is 456 g/mol. The molecule has 4 aromatic rings. The van der Waals surface area contributed by atoms with E-state index in [0.717, 1.165) is 55.8 Å². The zero-order valence-corrected chi connectivity index (χ0v) is 20.0. The van der Waals surface area contributed by atoms with Gasteiger partial charge in [-0.25, -0.2) is 4.98 Å². The van der Waals surface area contributed by atoms with Gasteiger partial charge in [-0.05, 0) is 55.7 Å². The lowest BCUT2D eigenvalue weighted by Gasteiger charge is -2.37. The first-order valence-corrected chi connectivity index (χ1v) is 12.1. The molecule has 0 spiro atoms. The largest absolute Gasteiger partial charge is 0.490 e. The minimum atomic E-state index is 0.626. The van der Waals surface area contributed by atoms with Gasteiger partial charge in [-0.2, -0.15) is 0 Å². The molecule has 0 fully saturated rings. The highest BCUT2D eigenvalue weighted by atomic mass is 16.5. The van der Waals surface area contributed by atoms with Crippen LogP contribution in [0.15, 0.2) is 72.8 Å². The van der Waals surface area contributed by atoms with Gasteiger partial charge in [0.2, 0.25) is 5.95 Å². The zero-order chi connectivity index (χ0) is 23.3. The molecule has 0 saturated heterocycles. The van der Waals surface area contributed by atoms with Gasteiger partial charge in [0, 0.05) is 13.1 Å². The third kappa shape index (κ3) is 4.73. The molecule has 0 unspecified atom stereocenters. The van der Waals surface area contributed by atoms with E-state index in [2.05, 4.69) is 81.1 Å². The molecule has 6 heteroatoms. The van der Waals surface area contributed by atoms with Crippen molar-refractivity contribution < 1.29 is 9.47 Å². The average Bonchev–Trinajstić information content (AvgIpc) is 3.24. The average molecular weight is 457 g/mol. The lowest BCUT2D eigenvalue weighted by atomic mass is 10.1. The molecule has 2 heterocycles. The molecule has 0 saturated carbocycles. The molecule has 5 rings (SSSR count). The summed E-state index contributed by atoms with van der Waals surface area (Å²) in [5, 5.41) is 0. The molecule has 3 aromatic carbocycles. The fourth-order valence-corrected chi connectivity index (χ4v) is 4.60. The first-order chi connectivity index (χ1) is 16.7. The van der Waals surface area contributed by atoms with Crippen LogP contribution < -0.4 is 14.4 Å². The van der Waals surface area contributed by atoms with Crippen LogP contribution in [0.1, 0.15) is 25.0 Å². The summed E-state index contributed by atoms with van der Waals surface area (Å²) >= 11 is 0. The SMILES string of the molecule is CCOc1ccc(CCN2CN(Cc3ccccc3)c3nc4ccccc4n3C2)cc1OCC. The van der Waals surface area contributed by atoms with Crippen LogP contribution >= 0.6 is 0 Å². The number of fused-ring (bicyclic) bond motifs is 3. The van der Waals surface area contributed by atoms with Gasteiger partial charge in [0.1, 0.15) is 0 Å². The van der Waals surface area contributed by atoms with Crippen molar-refractivity contribution in [1.82, 2.24) is 14.5 Å². The molecule has 0 atom stereocenters. The number of hydrogen-bond donors (Lipinski definition) is 0. The molecule has 0 bridgehead atoms. The van der Waals surface area contributed by atoms with Gasteiger partial charge in [-0.3, -0.25) is 9.47 Å². The second-order valence-corrected chi connectivity index (χ2v) is 8.59. The molecule has 1 aliphatic heterocycles. The van der Waals surface area contributed by atoms with Crippen LogP contribution in [-0.4, -0.2) is 40.9 Å². The standard InChI is InChI=1S/C28H32N4O2/c1-3-33-26-15-14-22(18-27(26)34-4-2)16-17-30-20-31(19-23-10-6-5-7-11-23)28-29-24-12-8-9-13-25(24)32(28)21-30/h5-15,18H,3-4,16-17,19-21H2,1-2H3. The maximum absolute atomic E-state index is 5.83. The second-order valence-electron chi connectivity index (χ2n) is 8.59. The summed E-state index contributed by atoms with van der Waals surface area (Å²) in [7, 11) is 0. The van der Waals surface area contributed by atoms with Crippen LogP contribution in [0.5, 0.6) is 11.5 Å². The van der Waals surface area contributed by atoms with Crippen LogP contribution in [0.25, 0.3) is 11.0 Å². The maximum atomic E-state index is 5.83. The van der Waals surface area contributed by atoms with E-state index in [0.29, 0.717) is 13.2 Å². The Morgan fingerprint density at radius 2 is 1.56 bits per heavy atom. The number of anilines is 1. The predicted octanol–water partition coefficient (Wildman–Crippen LogP) is 5.31. The Morgan fingerprint density at radius 3 is 2.38 bits per heavy atom. The highest BCUT2D eigenvalue weighted by Gasteiger charge is 2.26. The number of imidazole rings is 1. The number of aromatic nitrogens is 2. The van der Waals surface area contributed by atoms with Crippen LogP contribution in [0.3, 0.4) is 0 Å². The van der Waals surface area contributed by atoms with E-state index in [1.54, 1.807) is 0 Å². The predicted molar refractivity (Wildman–Crippen MR) is 136 cm³/mol. The topological polar surface area (TPSA) is 42.8 Å². The van der Waals surface area contributed by atoms with E-state index >= 15 is 0 Å². The third-order valence-electron chi connectivity index (χ3n) is 6.17. The van der Waals surface area contributed by atoms with Gasteiger partial charge in [-0.1, -0.05) is 48.5 Å². The van der Waals surface area contributed by atoms with Crippen molar-refractivity contribution in [2.45, 2.75) is 33.5 Å². The van der Waals surface area contributed by atoms with E-state index in [4.69, 9.17) is 14.5 Å². The summed E-state index contributed by atoms with van der Waals surface area (Å²) in [5.41, 5.74) is 4.77. The van der Waals surface area contributed by atoms with Gasteiger partial charge >= 0.3 is 0 Å². The lowest BCUT2D eigenvalue weighted by Crippen LogP contribution is -2.45. The quantitative estimate of drug-likeness (QED) is 0.341. The summed E-state index contributed by atoms with van der Waals surface area (Å²) in [6.45, 7) is 8.70. The molecule has 0 amide bonds. The summed E-state index contributed by atoms with van der Waals surface area (Å²) in [6, 6.07) is 25.3. The van der Waals surface area contributed by atoms with Gasteiger partial charge in [0.25, 0.3) is 0 Å². The van der Waals surface area contributed by atoms with E-state index in [1.165, 1.54) is 16.6 Å². The second kappa shape index (κ2) is 10.2. The van der Waals surface area contributed by atoms with Gasteiger partial charge in [0.15, 0.2) is 11.5 Å². The number of benzene rings is 3. The Labute approximate surface area is 201 Å². The van der Waals surface area contributed by atoms with Crippen LogP contribution in [0.4, 0.5) is 5.95 Å². The Bertz CT molecular complexity index is 1240. The number of nitrogens with zero attached hydrogens (tertiary/aromatic N) is 4. The Kier molecular flexibility index (Phi) is 6.67. The molecule has 176 valence electrons. The van der Waals surface area contributed by atoms with Crippen molar-refractivity contribution in [3.63, 3.8) is 0 Å². The Hall–Kier alpha value is -3.51. The van der Waals surface area contributed by atoms with Crippen molar-refractivity contribution in [1.29, 1.82) is 0 Å². The summed E-state index contributed by atoms with van der Waals surface area (Å²) in [6.07, 6.45) is 0.938. The number of ether oxygens (including phenoxy) is 2. The minimum absolute atomic E-state index is 0.626. The zero-order valence-electron chi connectivity index (χ0n) is 20.0. The third-order valence-corrected chi connectivity index (χ3v) is 6.17. The van der Waals surface area contributed by atoms with Crippen LogP contribution in [0, 0.1) is 0 Å². The van der Waals surface area contributed by atoms with Crippen molar-refractivity contribution >= 4 is 17.0 Å². The highest BCUT2D eigenvalue weighted by molar-refractivity contribution is 5.79. The normalized spacial score (nSPS) is 13.8. The van der Waals surface area contributed by atoms with Gasteiger partial charge in [0.05, 0.1) is 37.6 Å². The van der Waals surface area contributed by atoms with Crippen molar-refractivity contribution in [3.8, 4) is 11.5 Å². The molecule has 6 nitrogen and oxygen atoms in total. The van der Waals surface area contributed by atoms with Crippen molar-refractivity contribution in [3.05, 3.63) is 83.9 Å². The summed E-state index contributed by atoms with van der Waals surface area (Å²) in [5.74, 6) is 2.68. The fourth-order valence-electron chi connectivity index (χ4n) is 4.60. The fraction of sp³-hybridized carbons (Fsp3) is 0.321. The molecule has 34 heavy (non-hydrogen) atoms. The van der Waals surface area contributed by atoms with E-state index in [-0.39, 0.29) is 0 Å². The minimum Gasteiger partial charge on any atom is -0.490 e. The Balaban J connectivity index is 1.37. The van der Waals surface area contributed by atoms with Gasteiger partial charge < -0.3 is 14.4 Å². The van der Waals surface area contributed by atoms with Crippen molar-refractivity contribution in [2.24, 2.45) is 0 Å². The summed E-state index contributed by atoms with van der Waals surface area (Å²) in [4.78, 5) is 9.84. The summed E-state index contributed by atoms with van der Waals surface area (Å²) < 4.78 is 13.9. The molecular weight excluding hydrogens is 424 g/mol. The molecule has 0 N–H and O–H groups in total. The van der Waals surface area contributed by atoms with Crippen LogP contribution in [-0.2, 0) is 19.6 Å².